The summed E-state index contributed by atoms with van der Waals surface area (Å²) in [5, 5.41) is 15.2. The quantitative estimate of drug-likeness (QED) is 0.501. The van der Waals surface area contributed by atoms with Crippen molar-refractivity contribution in [1.29, 1.82) is 0 Å². The molecule has 0 saturated heterocycles. The van der Waals surface area contributed by atoms with E-state index in [4.69, 9.17) is 4.74 Å². The number of carbonyl (C=O) groups excluding carboxylic acids is 2. The highest BCUT2D eigenvalue weighted by atomic mass is 16.5. The van der Waals surface area contributed by atoms with E-state index in [1.807, 2.05) is 38.1 Å². The van der Waals surface area contributed by atoms with Crippen LogP contribution in [0.2, 0.25) is 0 Å². The van der Waals surface area contributed by atoms with Crippen molar-refractivity contribution in [2.75, 3.05) is 6.61 Å². The molecule has 7 heteroatoms. The molecule has 0 spiro atoms. The molecular weight excluding hydrogens is 444 g/mol. The molecule has 0 radical (unpaired) electrons. The number of ether oxygens (including phenoxy) is 1. The summed E-state index contributed by atoms with van der Waals surface area (Å²) in [6.45, 7) is 3.85. The Hall–Kier alpha value is -3.35. The Bertz CT molecular complexity index is 1040. The lowest BCUT2D eigenvalue weighted by molar-refractivity contribution is -0.143. The first kappa shape index (κ1) is 24.8. The minimum absolute atomic E-state index is 0.0678. The molecule has 1 fully saturated rings. The van der Waals surface area contributed by atoms with Crippen molar-refractivity contribution in [3.05, 3.63) is 59.7 Å². The van der Waals surface area contributed by atoms with Crippen LogP contribution in [0.25, 0.3) is 11.1 Å². The molecule has 1 saturated carbocycles. The smallest absolute Gasteiger partial charge is 0.407 e. The molecule has 3 N–H and O–H groups in total. The Labute approximate surface area is 206 Å². The molecule has 0 bridgehead atoms. The van der Waals surface area contributed by atoms with E-state index in [1.165, 1.54) is 0 Å². The number of amides is 2. The normalized spacial score (nSPS) is 20.3. The average molecular weight is 479 g/mol. The second kappa shape index (κ2) is 10.9. The summed E-state index contributed by atoms with van der Waals surface area (Å²) in [6, 6.07) is 15.0. The lowest BCUT2D eigenvalue weighted by Gasteiger charge is -2.27. The fraction of sp³-hybridized carbons (Fsp3) is 0.464. The largest absolute Gasteiger partial charge is 0.481 e. The van der Waals surface area contributed by atoms with Crippen LogP contribution in [0.3, 0.4) is 0 Å². The minimum Gasteiger partial charge on any atom is -0.481 e. The lowest BCUT2D eigenvalue weighted by Crippen LogP contribution is -2.54. The number of nitrogens with one attached hydrogen (secondary N) is 2. The van der Waals surface area contributed by atoms with Gasteiger partial charge in [-0.15, -0.1) is 0 Å². The lowest BCUT2D eigenvalue weighted by atomic mass is 9.94. The number of rotatable bonds is 7. The molecular formula is C28H34N2O5. The van der Waals surface area contributed by atoms with E-state index in [0.29, 0.717) is 12.8 Å². The van der Waals surface area contributed by atoms with Crippen LogP contribution < -0.4 is 10.6 Å². The second-order valence-electron chi connectivity index (χ2n) is 9.89. The Balaban J connectivity index is 1.40. The zero-order chi connectivity index (χ0) is 24.9. The van der Waals surface area contributed by atoms with E-state index in [2.05, 4.69) is 34.9 Å². The molecule has 186 valence electrons. The molecule has 0 heterocycles. The first-order valence-corrected chi connectivity index (χ1v) is 12.5. The predicted octanol–water partition coefficient (Wildman–Crippen LogP) is 4.70. The van der Waals surface area contributed by atoms with Crippen LogP contribution in [0, 0.1) is 11.8 Å². The number of fused-ring (bicyclic) bond motifs is 3. The van der Waals surface area contributed by atoms with Crippen molar-refractivity contribution in [2.24, 2.45) is 11.8 Å². The van der Waals surface area contributed by atoms with Gasteiger partial charge in [0.1, 0.15) is 12.6 Å². The third kappa shape index (κ3) is 5.50. The predicted molar refractivity (Wildman–Crippen MR) is 133 cm³/mol. The van der Waals surface area contributed by atoms with Gasteiger partial charge < -0.3 is 20.5 Å². The maximum Gasteiger partial charge on any atom is 0.407 e. The van der Waals surface area contributed by atoms with Gasteiger partial charge in [0, 0.05) is 12.0 Å². The summed E-state index contributed by atoms with van der Waals surface area (Å²) in [5.41, 5.74) is 4.53. The number of carboxylic acid groups (broad SMARTS) is 1. The Morgan fingerprint density at radius 1 is 0.943 bits per heavy atom. The number of alkyl carbamates (subject to hydrolysis) is 1. The molecule has 0 aromatic heterocycles. The van der Waals surface area contributed by atoms with Crippen LogP contribution in [-0.2, 0) is 14.3 Å². The molecule has 2 aliphatic rings. The maximum absolute atomic E-state index is 13.1. The van der Waals surface area contributed by atoms with E-state index >= 15 is 0 Å². The monoisotopic (exact) mass is 478 g/mol. The Morgan fingerprint density at radius 2 is 1.54 bits per heavy atom. The number of aliphatic carboxylic acids is 1. The molecule has 2 aliphatic carbocycles. The molecule has 2 aromatic carbocycles. The summed E-state index contributed by atoms with van der Waals surface area (Å²) in [5.74, 6) is -2.12. The van der Waals surface area contributed by atoms with Gasteiger partial charge in [0.15, 0.2) is 0 Å². The number of hydrogen-bond donors (Lipinski definition) is 3. The summed E-state index contributed by atoms with van der Waals surface area (Å²) in [4.78, 5) is 37.6. The molecule has 4 rings (SSSR count). The van der Waals surface area contributed by atoms with Gasteiger partial charge in [0.25, 0.3) is 0 Å². The number of carboxylic acids is 1. The van der Waals surface area contributed by atoms with Crippen LogP contribution in [0.15, 0.2) is 48.5 Å². The van der Waals surface area contributed by atoms with Crippen molar-refractivity contribution >= 4 is 18.0 Å². The van der Waals surface area contributed by atoms with Crippen LogP contribution in [0.5, 0.6) is 0 Å². The van der Waals surface area contributed by atoms with Crippen LogP contribution in [0.4, 0.5) is 4.79 Å². The van der Waals surface area contributed by atoms with Gasteiger partial charge in [0.2, 0.25) is 5.91 Å². The van der Waals surface area contributed by atoms with Gasteiger partial charge in [0.05, 0.1) is 5.92 Å². The van der Waals surface area contributed by atoms with Gasteiger partial charge in [-0.2, -0.15) is 0 Å². The standard InChI is InChI=1S/C28H34N2O5/c1-17(2)25(26(31)29-24-15-5-3-4-14-22(24)27(32)33)30-28(34)35-16-23-20-12-8-6-10-18(20)19-11-7-9-13-21(19)23/h6-13,17,22-25H,3-5,14-16H2,1-2H3,(H,29,31)(H,30,34)(H,32,33). The first-order chi connectivity index (χ1) is 16.9. The molecule has 2 aromatic rings. The van der Waals surface area contributed by atoms with E-state index in [0.717, 1.165) is 41.5 Å². The van der Waals surface area contributed by atoms with Crippen molar-refractivity contribution < 1.29 is 24.2 Å². The topological polar surface area (TPSA) is 105 Å². The van der Waals surface area contributed by atoms with E-state index in [-0.39, 0.29) is 24.3 Å². The van der Waals surface area contributed by atoms with Gasteiger partial charge in [-0.25, -0.2) is 4.79 Å². The van der Waals surface area contributed by atoms with Crippen LogP contribution in [-0.4, -0.2) is 41.8 Å². The van der Waals surface area contributed by atoms with Crippen molar-refractivity contribution in [3.8, 4) is 11.1 Å². The van der Waals surface area contributed by atoms with Crippen molar-refractivity contribution in [2.45, 2.75) is 64.0 Å². The summed E-state index contributed by atoms with van der Waals surface area (Å²) >= 11 is 0. The molecule has 2 amide bonds. The zero-order valence-electron chi connectivity index (χ0n) is 20.3. The van der Waals surface area contributed by atoms with Crippen molar-refractivity contribution in [3.63, 3.8) is 0 Å². The molecule has 7 nitrogen and oxygen atoms in total. The Kier molecular flexibility index (Phi) is 7.73. The fourth-order valence-corrected chi connectivity index (χ4v) is 5.35. The highest BCUT2D eigenvalue weighted by molar-refractivity contribution is 5.87. The third-order valence-electron chi connectivity index (χ3n) is 7.23. The maximum atomic E-state index is 13.1. The molecule has 0 aliphatic heterocycles. The third-order valence-corrected chi connectivity index (χ3v) is 7.23. The Morgan fingerprint density at radius 3 is 2.14 bits per heavy atom. The van der Waals surface area contributed by atoms with E-state index < -0.39 is 30.1 Å². The van der Waals surface area contributed by atoms with Crippen LogP contribution >= 0.6 is 0 Å². The summed E-state index contributed by atoms with van der Waals surface area (Å²) in [7, 11) is 0. The number of carbonyl (C=O) groups is 3. The van der Waals surface area contributed by atoms with Crippen LogP contribution in [0.1, 0.15) is 63.0 Å². The minimum atomic E-state index is -0.886. The number of benzene rings is 2. The highest BCUT2D eigenvalue weighted by Gasteiger charge is 2.34. The average Bonchev–Trinajstić information content (AvgIpc) is 2.97. The zero-order valence-corrected chi connectivity index (χ0v) is 20.3. The molecule has 3 atom stereocenters. The van der Waals surface area contributed by atoms with Gasteiger partial charge in [-0.3, -0.25) is 9.59 Å². The van der Waals surface area contributed by atoms with Gasteiger partial charge >= 0.3 is 12.1 Å². The first-order valence-electron chi connectivity index (χ1n) is 12.5. The van der Waals surface area contributed by atoms with E-state index in [1.54, 1.807) is 0 Å². The van der Waals surface area contributed by atoms with E-state index in [9.17, 15) is 19.5 Å². The number of hydrogen-bond acceptors (Lipinski definition) is 4. The van der Waals surface area contributed by atoms with Gasteiger partial charge in [-0.1, -0.05) is 81.6 Å². The fourth-order valence-electron chi connectivity index (χ4n) is 5.35. The SMILES string of the molecule is CC(C)C(NC(=O)OCC1c2ccccc2-c2ccccc21)C(=O)NC1CCCCCC1C(=O)O. The molecule has 35 heavy (non-hydrogen) atoms. The summed E-state index contributed by atoms with van der Waals surface area (Å²) < 4.78 is 5.62. The summed E-state index contributed by atoms with van der Waals surface area (Å²) in [6.07, 6.45) is 3.19. The second-order valence-corrected chi connectivity index (χ2v) is 9.89. The molecule has 3 unspecified atom stereocenters. The highest BCUT2D eigenvalue weighted by Crippen LogP contribution is 2.44. The van der Waals surface area contributed by atoms with Crippen molar-refractivity contribution in [1.82, 2.24) is 10.6 Å². The van der Waals surface area contributed by atoms with Gasteiger partial charge in [-0.05, 0) is 41.0 Å².